The molecule has 1 fully saturated rings. The Morgan fingerprint density at radius 1 is 1.26 bits per heavy atom. The van der Waals surface area contributed by atoms with Gasteiger partial charge in [-0.25, -0.2) is 14.0 Å². The van der Waals surface area contributed by atoms with E-state index in [1.807, 2.05) is 18.2 Å². The van der Waals surface area contributed by atoms with Crippen LogP contribution in [-0.4, -0.2) is 34.0 Å². The molecule has 2 aromatic carbocycles. The van der Waals surface area contributed by atoms with E-state index in [-0.39, 0.29) is 12.1 Å². The van der Waals surface area contributed by atoms with Crippen LogP contribution in [0.25, 0.3) is 22.0 Å². The van der Waals surface area contributed by atoms with E-state index in [1.165, 1.54) is 16.7 Å². The van der Waals surface area contributed by atoms with Crippen molar-refractivity contribution in [2.45, 2.75) is 45.3 Å². The average molecular weight is 461 g/mol. The number of fused-ring (bicyclic) bond motifs is 2. The molecule has 3 heterocycles. The van der Waals surface area contributed by atoms with Gasteiger partial charge in [0.05, 0.1) is 17.2 Å². The highest BCUT2D eigenvalue weighted by Crippen LogP contribution is 2.36. The van der Waals surface area contributed by atoms with Crippen LogP contribution in [0.4, 0.5) is 19.7 Å². The molecule has 1 atom stereocenters. The van der Waals surface area contributed by atoms with Crippen LogP contribution in [0.1, 0.15) is 32.8 Å². The Morgan fingerprint density at radius 2 is 2.06 bits per heavy atom. The molecule has 174 valence electrons. The van der Waals surface area contributed by atoms with Gasteiger partial charge in [-0.15, -0.1) is 0 Å². The summed E-state index contributed by atoms with van der Waals surface area (Å²) in [5.41, 5.74) is 5.00. The number of hydrogen-bond donors (Lipinski definition) is 2. The zero-order chi connectivity index (χ0) is 24.2. The topological polar surface area (TPSA) is 84.7 Å². The summed E-state index contributed by atoms with van der Waals surface area (Å²) in [6, 6.07) is 9.91. The smallest absolute Gasteiger partial charge is 0.419 e. The minimum Gasteiger partial charge on any atom is -0.443 e. The van der Waals surface area contributed by atoms with E-state index in [0.717, 1.165) is 33.5 Å². The molecule has 0 aliphatic carbocycles. The van der Waals surface area contributed by atoms with Crippen molar-refractivity contribution in [1.82, 2.24) is 15.2 Å². The summed E-state index contributed by atoms with van der Waals surface area (Å²) in [6.45, 7) is 9.26. The Balaban J connectivity index is 1.46. The maximum atomic E-state index is 14.1. The SMILES string of the molecule is C=C1NC(=O)NC1CC1=Nc2ccc(-c3cn(C(=O)OC(C)(C)C)c4cc(F)ccc34)cc2C1. The molecule has 1 unspecified atom stereocenters. The molecule has 1 saturated heterocycles. The van der Waals surface area contributed by atoms with Crippen molar-refractivity contribution in [2.75, 3.05) is 0 Å². The Kier molecular flexibility index (Phi) is 5.04. The lowest BCUT2D eigenvalue weighted by atomic mass is 9.99. The molecule has 1 aromatic heterocycles. The zero-order valence-electron chi connectivity index (χ0n) is 19.2. The third kappa shape index (κ3) is 4.07. The number of benzene rings is 2. The van der Waals surface area contributed by atoms with E-state index in [4.69, 9.17) is 9.73 Å². The molecule has 2 aliphatic rings. The summed E-state index contributed by atoms with van der Waals surface area (Å²) in [6.07, 6.45) is 2.37. The van der Waals surface area contributed by atoms with Gasteiger partial charge in [-0.3, -0.25) is 9.56 Å². The van der Waals surface area contributed by atoms with E-state index in [9.17, 15) is 14.0 Å². The molecule has 0 saturated carbocycles. The summed E-state index contributed by atoms with van der Waals surface area (Å²) < 4.78 is 20.9. The fraction of sp³-hybridized carbons (Fsp3) is 0.269. The first-order valence-corrected chi connectivity index (χ1v) is 11.1. The molecule has 34 heavy (non-hydrogen) atoms. The van der Waals surface area contributed by atoms with Gasteiger partial charge in [0.15, 0.2) is 0 Å². The number of amides is 2. The van der Waals surface area contributed by atoms with Gasteiger partial charge in [0, 0.05) is 41.4 Å². The van der Waals surface area contributed by atoms with Gasteiger partial charge in [0.1, 0.15) is 11.4 Å². The lowest BCUT2D eigenvalue weighted by molar-refractivity contribution is 0.0544. The maximum absolute atomic E-state index is 14.1. The van der Waals surface area contributed by atoms with Crippen molar-refractivity contribution in [3.05, 3.63) is 66.3 Å². The lowest BCUT2D eigenvalue weighted by Gasteiger charge is -2.19. The molecule has 2 amide bonds. The van der Waals surface area contributed by atoms with Crippen molar-refractivity contribution in [1.29, 1.82) is 0 Å². The van der Waals surface area contributed by atoms with E-state index in [0.29, 0.717) is 24.1 Å². The molecule has 3 aromatic rings. The summed E-state index contributed by atoms with van der Waals surface area (Å²) in [5, 5.41) is 6.27. The number of aliphatic imine (C=N–C) groups is 1. The first-order valence-electron chi connectivity index (χ1n) is 11.1. The van der Waals surface area contributed by atoms with Crippen molar-refractivity contribution in [2.24, 2.45) is 4.99 Å². The van der Waals surface area contributed by atoms with Gasteiger partial charge >= 0.3 is 12.1 Å². The summed E-state index contributed by atoms with van der Waals surface area (Å²) in [5.74, 6) is -0.427. The van der Waals surface area contributed by atoms with Gasteiger partial charge in [0.2, 0.25) is 0 Å². The molecular formula is C26H25FN4O3. The van der Waals surface area contributed by atoms with E-state index in [2.05, 4.69) is 17.2 Å². The predicted molar refractivity (Wildman–Crippen MR) is 129 cm³/mol. The number of halogens is 1. The molecule has 0 spiro atoms. The lowest BCUT2D eigenvalue weighted by Crippen LogP contribution is -2.28. The van der Waals surface area contributed by atoms with Gasteiger partial charge in [-0.1, -0.05) is 12.6 Å². The molecule has 2 N–H and O–H groups in total. The monoisotopic (exact) mass is 460 g/mol. The highest BCUT2D eigenvalue weighted by molar-refractivity contribution is 6.02. The van der Waals surface area contributed by atoms with Crippen LogP contribution >= 0.6 is 0 Å². The van der Waals surface area contributed by atoms with E-state index < -0.39 is 17.5 Å². The first kappa shape index (κ1) is 21.9. The fourth-order valence-corrected chi connectivity index (χ4v) is 4.37. The number of aromatic nitrogens is 1. The third-order valence-corrected chi connectivity index (χ3v) is 5.86. The van der Waals surface area contributed by atoms with Gasteiger partial charge < -0.3 is 15.4 Å². The second kappa shape index (κ2) is 7.83. The van der Waals surface area contributed by atoms with E-state index in [1.54, 1.807) is 33.0 Å². The largest absolute Gasteiger partial charge is 0.443 e. The summed E-state index contributed by atoms with van der Waals surface area (Å²) >= 11 is 0. The molecule has 5 rings (SSSR count). The van der Waals surface area contributed by atoms with Crippen LogP contribution in [0.15, 0.2) is 59.9 Å². The van der Waals surface area contributed by atoms with Crippen LogP contribution in [0.5, 0.6) is 0 Å². The van der Waals surface area contributed by atoms with Crippen LogP contribution in [0.3, 0.4) is 0 Å². The Morgan fingerprint density at radius 3 is 2.76 bits per heavy atom. The van der Waals surface area contributed by atoms with Crippen molar-refractivity contribution in [3.8, 4) is 11.1 Å². The highest BCUT2D eigenvalue weighted by Gasteiger charge is 2.28. The van der Waals surface area contributed by atoms with Crippen LogP contribution < -0.4 is 10.6 Å². The second-order valence-electron chi connectivity index (χ2n) is 9.63. The standard InChI is InChI=1S/C26H25FN4O3/c1-14-22(30-24(32)28-14)12-18-10-16-9-15(5-8-21(16)29-18)20-13-31(25(33)34-26(2,3)4)23-11-17(27)6-7-19(20)23/h5-9,11,13,22H,1,10,12H2,2-4H3,(H2,28,30,32). The second-order valence-corrected chi connectivity index (χ2v) is 9.63. The first-order chi connectivity index (χ1) is 16.1. The molecule has 0 radical (unpaired) electrons. The molecule has 0 bridgehead atoms. The Bertz CT molecular complexity index is 1400. The number of ether oxygens (including phenoxy) is 1. The average Bonchev–Trinajstić information content (AvgIpc) is 3.40. The van der Waals surface area contributed by atoms with Gasteiger partial charge in [-0.05, 0) is 62.2 Å². The number of nitrogens with one attached hydrogen (secondary N) is 2. The molecular weight excluding hydrogens is 435 g/mol. The molecule has 7 nitrogen and oxygen atoms in total. The van der Waals surface area contributed by atoms with E-state index >= 15 is 0 Å². The third-order valence-electron chi connectivity index (χ3n) is 5.86. The Hall–Kier alpha value is -3.94. The maximum Gasteiger partial charge on any atom is 0.419 e. The molecule has 8 heteroatoms. The van der Waals surface area contributed by atoms with Crippen molar-refractivity contribution in [3.63, 3.8) is 0 Å². The fourth-order valence-electron chi connectivity index (χ4n) is 4.37. The number of urea groups is 1. The summed E-state index contributed by atoms with van der Waals surface area (Å²) in [7, 11) is 0. The quantitative estimate of drug-likeness (QED) is 0.546. The number of nitrogens with zero attached hydrogens (tertiary/aromatic N) is 2. The normalized spacial score (nSPS) is 17.4. The minimum atomic E-state index is -0.678. The van der Waals surface area contributed by atoms with Crippen LogP contribution in [0, 0.1) is 5.82 Å². The zero-order valence-corrected chi connectivity index (χ0v) is 19.2. The minimum absolute atomic E-state index is 0.179. The van der Waals surface area contributed by atoms with Gasteiger partial charge in [-0.2, -0.15) is 0 Å². The summed E-state index contributed by atoms with van der Waals surface area (Å²) in [4.78, 5) is 29.1. The number of rotatable bonds is 3. The van der Waals surface area contributed by atoms with Crippen molar-refractivity contribution >= 4 is 34.4 Å². The highest BCUT2D eigenvalue weighted by atomic mass is 19.1. The van der Waals surface area contributed by atoms with Crippen molar-refractivity contribution < 1.29 is 18.7 Å². The number of carbonyl (C=O) groups is 2. The number of carbonyl (C=O) groups excluding carboxylic acids is 2. The number of hydrogen-bond acceptors (Lipinski definition) is 4. The van der Waals surface area contributed by atoms with Gasteiger partial charge in [0.25, 0.3) is 0 Å². The Labute approximate surface area is 196 Å². The predicted octanol–water partition coefficient (Wildman–Crippen LogP) is 5.44. The van der Waals surface area contributed by atoms with Crippen LogP contribution in [-0.2, 0) is 11.2 Å². The molecule has 2 aliphatic heterocycles. The van der Waals surface area contributed by atoms with Crippen LogP contribution in [0.2, 0.25) is 0 Å².